The van der Waals surface area contributed by atoms with Gasteiger partial charge in [0.05, 0.1) is 12.0 Å². The van der Waals surface area contributed by atoms with Crippen molar-refractivity contribution in [1.82, 2.24) is 14.3 Å². The van der Waals surface area contributed by atoms with Gasteiger partial charge in [-0.15, -0.1) is 0 Å². The van der Waals surface area contributed by atoms with Gasteiger partial charge < -0.3 is 10.1 Å². The van der Waals surface area contributed by atoms with Crippen molar-refractivity contribution in [2.24, 2.45) is 5.92 Å². The molecule has 25 heavy (non-hydrogen) atoms. The van der Waals surface area contributed by atoms with Crippen molar-refractivity contribution in [3.63, 3.8) is 0 Å². The highest BCUT2D eigenvalue weighted by molar-refractivity contribution is 7.89. The van der Waals surface area contributed by atoms with Gasteiger partial charge in [0.1, 0.15) is 0 Å². The van der Waals surface area contributed by atoms with Gasteiger partial charge in [-0.05, 0) is 30.9 Å². The van der Waals surface area contributed by atoms with Crippen molar-refractivity contribution in [3.05, 3.63) is 42.7 Å². The van der Waals surface area contributed by atoms with Crippen molar-refractivity contribution < 1.29 is 13.2 Å². The van der Waals surface area contributed by atoms with Crippen molar-refractivity contribution >= 4 is 15.8 Å². The molecule has 8 heteroatoms. The monoisotopic (exact) mass is 362 g/mol. The van der Waals surface area contributed by atoms with E-state index in [4.69, 9.17) is 4.74 Å². The maximum absolute atomic E-state index is 12.6. The zero-order valence-electron chi connectivity index (χ0n) is 14.1. The van der Waals surface area contributed by atoms with Gasteiger partial charge >= 0.3 is 0 Å². The molecule has 1 aliphatic rings. The number of ether oxygens (including phenoxy) is 1. The second-order valence-corrected chi connectivity index (χ2v) is 7.89. The molecule has 0 radical (unpaired) electrons. The minimum absolute atomic E-state index is 0.357. The number of nitrogens with one attached hydrogen (secondary N) is 1. The van der Waals surface area contributed by atoms with Gasteiger partial charge in [0, 0.05) is 32.0 Å². The highest BCUT2D eigenvalue weighted by Crippen LogP contribution is 2.25. The molecule has 0 aliphatic carbocycles. The second-order valence-electron chi connectivity index (χ2n) is 5.96. The minimum Gasteiger partial charge on any atom is -0.478 e. The summed E-state index contributed by atoms with van der Waals surface area (Å²) in [6.45, 7) is 1.77. The predicted octanol–water partition coefficient (Wildman–Crippen LogP) is 2.00. The normalized spacial score (nSPS) is 16.5. The Morgan fingerprint density at radius 3 is 2.52 bits per heavy atom. The molecule has 0 bridgehead atoms. The fourth-order valence-corrected chi connectivity index (χ4v) is 4.42. The number of methoxy groups -OCH3 is 1. The Kier molecular flexibility index (Phi) is 5.50. The van der Waals surface area contributed by atoms with Crippen molar-refractivity contribution in [2.75, 3.05) is 32.1 Å². The van der Waals surface area contributed by atoms with Crippen LogP contribution in [-0.2, 0) is 10.0 Å². The first-order chi connectivity index (χ1) is 12.1. The summed E-state index contributed by atoms with van der Waals surface area (Å²) in [5, 5.41) is 3.25. The lowest BCUT2D eigenvalue weighted by Gasteiger charge is -2.31. The summed E-state index contributed by atoms with van der Waals surface area (Å²) in [7, 11) is -1.83. The van der Waals surface area contributed by atoms with Crippen LogP contribution in [0.5, 0.6) is 5.88 Å². The Hall–Kier alpha value is -2.19. The molecule has 0 spiro atoms. The first kappa shape index (κ1) is 17.6. The van der Waals surface area contributed by atoms with Crippen LogP contribution in [0.3, 0.4) is 0 Å². The summed E-state index contributed by atoms with van der Waals surface area (Å²) >= 11 is 0. The Morgan fingerprint density at radius 1 is 1.16 bits per heavy atom. The number of aromatic nitrogens is 2. The Morgan fingerprint density at radius 2 is 1.84 bits per heavy atom. The summed E-state index contributed by atoms with van der Waals surface area (Å²) in [5.74, 6) is 1.46. The number of rotatable bonds is 6. The SMILES string of the molecule is COc1nccnc1NCC1CCN(S(=O)(=O)c2ccccc2)CC1. The molecule has 134 valence electrons. The van der Waals surface area contributed by atoms with E-state index in [1.807, 2.05) is 6.07 Å². The van der Waals surface area contributed by atoms with E-state index in [0.29, 0.717) is 42.1 Å². The van der Waals surface area contributed by atoms with Gasteiger partial charge in [0.2, 0.25) is 10.0 Å². The molecule has 1 aliphatic heterocycles. The zero-order valence-corrected chi connectivity index (χ0v) is 14.9. The first-order valence-electron chi connectivity index (χ1n) is 8.25. The third-order valence-corrected chi connectivity index (χ3v) is 6.28. The average molecular weight is 362 g/mol. The molecule has 3 rings (SSSR count). The lowest BCUT2D eigenvalue weighted by Crippen LogP contribution is -2.39. The highest BCUT2D eigenvalue weighted by Gasteiger charge is 2.29. The van der Waals surface area contributed by atoms with Gasteiger partial charge in [0.25, 0.3) is 5.88 Å². The van der Waals surface area contributed by atoms with Gasteiger partial charge in [-0.1, -0.05) is 18.2 Å². The summed E-state index contributed by atoms with van der Waals surface area (Å²) in [6, 6.07) is 8.60. The van der Waals surface area contributed by atoms with E-state index in [1.165, 1.54) is 0 Å². The van der Waals surface area contributed by atoms with Crippen LogP contribution in [0.2, 0.25) is 0 Å². The van der Waals surface area contributed by atoms with Crippen molar-refractivity contribution in [1.29, 1.82) is 0 Å². The van der Waals surface area contributed by atoms with E-state index in [2.05, 4.69) is 15.3 Å². The van der Waals surface area contributed by atoms with E-state index >= 15 is 0 Å². The maximum atomic E-state index is 12.6. The van der Waals surface area contributed by atoms with Crippen molar-refractivity contribution in [3.8, 4) is 5.88 Å². The molecule has 1 fully saturated rings. The molecule has 1 saturated heterocycles. The molecule has 1 aromatic carbocycles. The van der Waals surface area contributed by atoms with Crippen LogP contribution in [-0.4, -0.2) is 49.4 Å². The van der Waals surface area contributed by atoms with E-state index < -0.39 is 10.0 Å². The minimum atomic E-state index is -3.39. The van der Waals surface area contributed by atoms with Gasteiger partial charge in [-0.25, -0.2) is 18.4 Å². The van der Waals surface area contributed by atoms with Crippen LogP contribution in [0.15, 0.2) is 47.6 Å². The number of anilines is 1. The fraction of sp³-hybridized carbons (Fsp3) is 0.412. The molecule has 0 saturated carbocycles. The predicted molar refractivity (Wildman–Crippen MR) is 95.0 cm³/mol. The number of nitrogens with zero attached hydrogens (tertiary/aromatic N) is 3. The molecular weight excluding hydrogens is 340 g/mol. The Balaban J connectivity index is 1.55. The topological polar surface area (TPSA) is 84.4 Å². The van der Waals surface area contributed by atoms with Crippen LogP contribution in [0.1, 0.15) is 12.8 Å². The van der Waals surface area contributed by atoms with E-state index in [1.54, 1.807) is 48.1 Å². The van der Waals surface area contributed by atoms with Gasteiger partial charge in [0.15, 0.2) is 5.82 Å². The molecular formula is C17H22N4O3S. The Labute approximate surface area is 148 Å². The second kappa shape index (κ2) is 7.79. The maximum Gasteiger partial charge on any atom is 0.257 e. The molecule has 0 atom stereocenters. The van der Waals surface area contributed by atoms with E-state index in [-0.39, 0.29) is 0 Å². The zero-order chi connectivity index (χ0) is 17.7. The quantitative estimate of drug-likeness (QED) is 0.846. The summed E-state index contributed by atoms with van der Waals surface area (Å²) in [5.41, 5.74) is 0. The largest absolute Gasteiger partial charge is 0.478 e. The number of sulfonamides is 1. The molecule has 2 heterocycles. The fourth-order valence-electron chi connectivity index (χ4n) is 2.93. The van der Waals surface area contributed by atoms with Crippen molar-refractivity contribution in [2.45, 2.75) is 17.7 Å². The van der Waals surface area contributed by atoms with E-state index in [9.17, 15) is 8.42 Å². The van der Waals surface area contributed by atoms with Crippen LogP contribution in [0.25, 0.3) is 0 Å². The smallest absolute Gasteiger partial charge is 0.257 e. The highest BCUT2D eigenvalue weighted by atomic mass is 32.2. The number of piperidine rings is 1. The lowest BCUT2D eigenvalue weighted by molar-refractivity contribution is 0.282. The standard InChI is InChI=1S/C17H22N4O3S/c1-24-17-16(18-9-10-19-17)20-13-14-7-11-21(12-8-14)25(22,23)15-5-3-2-4-6-15/h2-6,9-10,14H,7-8,11-13H2,1H3,(H,18,20). The first-order valence-corrected chi connectivity index (χ1v) is 9.69. The summed E-state index contributed by atoms with van der Waals surface area (Å²) < 4.78 is 32.0. The molecule has 1 aromatic heterocycles. The van der Waals surface area contributed by atoms with Crippen LogP contribution in [0, 0.1) is 5.92 Å². The molecule has 0 unspecified atom stereocenters. The Bertz CT molecular complexity index is 791. The third-order valence-electron chi connectivity index (χ3n) is 4.37. The van der Waals surface area contributed by atoms with E-state index in [0.717, 1.165) is 12.8 Å². The van der Waals surface area contributed by atoms with Gasteiger partial charge in [-0.2, -0.15) is 4.31 Å². The summed E-state index contributed by atoms with van der Waals surface area (Å²) in [6.07, 6.45) is 4.81. The lowest BCUT2D eigenvalue weighted by atomic mass is 9.98. The van der Waals surface area contributed by atoms with Crippen LogP contribution < -0.4 is 10.1 Å². The van der Waals surface area contributed by atoms with Gasteiger partial charge in [-0.3, -0.25) is 0 Å². The summed E-state index contributed by atoms with van der Waals surface area (Å²) in [4.78, 5) is 8.68. The number of hydrogen-bond acceptors (Lipinski definition) is 6. The van der Waals surface area contributed by atoms with Crippen LogP contribution >= 0.6 is 0 Å². The third kappa shape index (κ3) is 4.08. The molecule has 7 nitrogen and oxygen atoms in total. The average Bonchev–Trinajstić information content (AvgIpc) is 2.67. The number of hydrogen-bond donors (Lipinski definition) is 1. The van der Waals surface area contributed by atoms with Crippen LogP contribution in [0.4, 0.5) is 5.82 Å². The molecule has 1 N–H and O–H groups in total. The molecule has 2 aromatic rings. The number of benzene rings is 1. The molecule has 0 amide bonds.